The van der Waals surface area contributed by atoms with Gasteiger partial charge in [-0.2, -0.15) is 13.2 Å². The van der Waals surface area contributed by atoms with E-state index in [1.807, 2.05) is 6.92 Å². The van der Waals surface area contributed by atoms with E-state index in [1.54, 1.807) is 0 Å². The summed E-state index contributed by atoms with van der Waals surface area (Å²) in [7, 11) is 0. The first-order valence-electron chi connectivity index (χ1n) is 10.1. The van der Waals surface area contributed by atoms with E-state index < -0.39 is 12.7 Å². The number of aliphatic imine (C=N–C) groups is 1. The van der Waals surface area contributed by atoms with Crippen LogP contribution in [0.1, 0.15) is 24.5 Å². The number of nitrogens with zero attached hydrogens (tertiary/aromatic N) is 3. The van der Waals surface area contributed by atoms with E-state index in [0.29, 0.717) is 32.0 Å². The maximum atomic E-state index is 12.6. The van der Waals surface area contributed by atoms with Gasteiger partial charge in [0.25, 0.3) is 0 Å². The third kappa shape index (κ3) is 7.93. The minimum absolute atomic E-state index is 0. The summed E-state index contributed by atoms with van der Waals surface area (Å²) in [5, 5.41) is 6.50. The van der Waals surface area contributed by atoms with Crippen LogP contribution in [-0.4, -0.2) is 73.8 Å². The Hall–Kier alpha value is -1.07. The fourth-order valence-electron chi connectivity index (χ4n) is 3.91. The molecule has 2 N–H and O–H groups in total. The molecule has 3 rings (SSSR count). The van der Waals surface area contributed by atoms with Gasteiger partial charge in [-0.05, 0) is 30.9 Å². The van der Waals surface area contributed by atoms with Crippen molar-refractivity contribution < 1.29 is 13.2 Å². The average Bonchev–Trinajstić information content (AvgIpc) is 3.06. The second-order valence-corrected chi connectivity index (χ2v) is 7.54. The monoisotopic (exact) mass is 525 g/mol. The van der Waals surface area contributed by atoms with Crippen LogP contribution in [0.2, 0.25) is 0 Å². The highest BCUT2D eigenvalue weighted by atomic mass is 127. The Labute approximate surface area is 188 Å². The first-order chi connectivity index (χ1) is 13.4. The average molecular weight is 525 g/mol. The molecule has 2 aliphatic heterocycles. The molecule has 1 aromatic carbocycles. The van der Waals surface area contributed by atoms with Crippen molar-refractivity contribution in [2.45, 2.75) is 38.5 Å². The lowest BCUT2D eigenvalue weighted by molar-refractivity contribution is -0.143. The van der Waals surface area contributed by atoms with Gasteiger partial charge in [0.05, 0.1) is 13.1 Å². The molecule has 1 aromatic rings. The van der Waals surface area contributed by atoms with Crippen LogP contribution < -0.4 is 10.6 Å². The first kappa shape index (κ1) is 24.2. The lowest BCUT2D eigenvalue weighted by Crippen LogP contribution is -2.45. The largest absolute Gasteiger partial charge is 0.401 e. The number of hydrogen-bond donors (Lipinski definition) is 2. The fraction of sp³-hybridized carbons (Fsp3) is 0.650. The number of alkyl halides is 3. The minimum atomic E-state index is -4.14. The van der Waals surface area contributed by atoms with Crippen LogP contribution in [0.15, 0.2) is 29.3 Å². The molecule has 0 aromatic heterocycles. The van der Waals surface area contributed by atoms with Gasteiger partial charge in [0, 0.05) is 45.3 Å². The molecule has 0 spiro atoms. The van der Waals surface area contributed by atoms with Crippen molar-refractivity contribution >= 4 is 29.9 Å². The smallest absolute Gasteiger partial charge is 0.357 e. The molecular formula is C20H31F3IN5. The van der Waals surface area contributed by atoms with Crippen molar-refractivity contribution in [1.82, 2.24) is 20.4 Å². The predicted octanol–water partition coefficient (Wildman–Crippen LogP) is 2.85. The third-order valence-corrected chi connectivity index (χ3v) is 5.26. The molecule has 0 radical (unpaired) electrons. The number of fused-ring (bicyclic) bond motifs is 1. The number of halogens is 4. The van der Waals surface area contributed by atoms with Crippen molar-refractivity contribution in [2.75, 3.05) is 45.8 Å². The number of nitrogens with one attached hydrogen (secondary N) is 2. The SMILES string of the molecule is CCNC(=NCCN1CCc2ccccc2C1)NC1CCN(CC(F)(F)F)C1.I. The molecule has 1 saturated heterocycles. The Kier molecular flexibility index (Phi) is 9.48. The van der Waals surface area contributed by atoms with E-state index in [0.717, 1.165) is 32.6 Å². The van der Waals surface area contributed by atoms with Crippen LogP contribution in [0.5, 0.6) is 0 Å². The van der Waals surface area contributed by atoms with Crippen LogP contribution in [0.3, 0.4) is 0 Å². The second-order valence-electron chi connectivity index (χ2n) is 7.54. The maximum absolute atomic E-state index is 12.6. The Morgan fingerprint density at radius 2 is 1.93 bits per heavy atom. The van der Waals surface area contributed by atoms with Gasteiger partial charge in [0.15, 0.2) is 5.96 Å². The van der Waals surface area contributed by atoms with Crippen molar-refractivity contribution in [2.24, 2.45) is 4.99 Å². The molecule has 0 bridgehead atoms. The fourth-order valence-corrected chi connectivity index (χ4v) is 3.91. The Morgan fingerprint density at radius 3 is 2.66 bits per heavy atom. The zero-order valence-electron chi connectivity index (χ0n) is 16.8. The standard InChI is InChI=1S/C20H30F3N5.HI/c1-2-24-19(26-18-8-11-28(14-18)15-20(21,22)23)25-9-12-27-10-7-16-5-3-4-6-17(16)13-27;/h3-6,18H,2,7-15H2,1H3,(H2,24,25,26);1H. The first-order valence-corrected chi connectivity index (χ1v) is 10.1. The highest BCUT2D eigenvalue weighted by Gasteiger charge is 2.34. The normalized spacial score (nSPS) is 20.8. The Morgan fingerprint density at radius 1 is 1.17 bits per heavy atom. The molecule has 0 saturated carbocycles. The zero-order chi connectivity index (χ0) is 20.0. The van der Waals surface area contributed by atoms with Gasteiger partial charge >= 0.3 is 6.18 Å². The highest BCUT2D eigenvalue weighted by molar-refractivity contribution is 14.0. The number of guanidine groups is 1. The summed E-state index contributed by atoms with van der Waals surface area (Å²) in [5.74, 6) is 0.693. The predicted molar refractivity (Wildman–Crippen MR) is 121 cm³/mol. The van der Waals surface area contributed by atoms with E-state index >= 15 is 0 Å². The van der Waals surface area contributed by atoms with E-state index in [2.05, 4.69) is 44.8 Å². The number of benzene rings is 1. The molecule has 2 heterocycles. The van der Waals surface area contributed by atoms with E-state index in [-0.39, 0.29) is 30.0 Å². The Bertz CT molecular complexity index is 668. The van der Waals surface area contributed by atoms with Gasteiger partial charge in [0.2, 0.25) is 0 Å². The maximum Gasteiger partial charge on any atom is 0.401 e. The second kappa shape index (κ2) is 11.4. The third-order valence-electron chi connectivity index (χ3n) is 5.26. The van der Waals surface area contributed by atoms with Gasteiger partial charge in [-0.25, -0.2) is 0 Å². The molecule has 1 atom stereocenters. The van der Waals surface area contributed by atoms with Crippen LogP contribution in [0.4, 0.5) is 13.2 Å². The summed E-state index contributed by atoms with van der Waals surface area (Å²) < 4.78 is 37.7. The van der Waals surface area contributed by atoms with E-state index in [4.69, 9.17) is 0 Å². The summed E-state index contributed by atoms with van der Waals surface area (Å²) >= 11 is 0. The zero-order valence-corrected chi connectivity index (χ0v) is 19.2. The molecule has 9 heteroatoms. The van der Waals surface area contributed by atoms with E-state index in [1.165, 1.54) is 16.0 Å². The van der Waals surface area contributed by atoms with E-state index in [9.17, 15) is 13.2 Å². The molecule has 164 valence electrons. The van der Waals surface area contributed by atoms with Gasteiger partial charge in [-0.15, -0.1) is 24.0 Å². The quantitative estimate of drug-likeness (QED) is 0.341. The topological polar surface area (TPSA) is 42.9 Å². The summed E-state index contributed by atoms with van der Waals surface area (Å²) in [6.07, 6.45) is -2.38. The van der Waals surface area contributed by atoms with Gasteiger partial charge in [-0.3, -0.25) is 14.8 Å². The van der Waals surface area contributed by atoms with Gasteiger partial charge in [0.1, 0.15) is 0 Å². The van der Waals surface area contributed by atoms with Crippen molar-refractivity contribution in [3.63, 3.8) is 0 Å². The summed E-state index contributed by atoms with van der Waals surface area (Å²) in [6.45, 7) is 6.25. The van der Waals surface area contributed by atoms with Gasteiger partial charge in [-0.1, -0.05) is 24.3 Å². The van der Waals surface area contributed by atoms with Crippen LogP contribution in [-0.2, 0) is 13.0 Å². The lowest BCUT2D eigenvalue weighted by Gasteiger charge is -2.28. The molecule has 0 aliphatic carbocycles. The number of rotatable bonds is 6. The van der Waals surface area contributed by atoms with Crippen molar-refractivity contribution in [3.05, 3.63) is 35.4 Å². The molecule has 1 fully saturated rings. The number of hydrogen-bond acceptors (Lipinski definition) is 3. The molecule has 29 heavy (non-hydrogen) atoms. The summed E-state index contributed by atoms with van der Waals surface area (Å²) in [6, 6.07) is 8.55. The van der Waals surface area contributed by atoms with Crippen LogP contribution in [0.25, 0.3) is 0 Å². The van der Waals surface area contributed by atoms with Crippen LogP contribution in [0, 0.1) is 0 Å². The molecule has 5 nitrogen and oxygen atoms in total. The molecule has 1 unspecified atom stereocenters. The lowest BCUT2D eigenvalue weighted by atomic mass is 10.0. The minimum Gasteiger partial charge on any atom is -0.357 e. The highest BCUT2D eigenvalue weighted by Crippen LogP contribution is 2.20. The van der Waals surface area contributed by atoms with Crippen LogP contribution >= 0.6 is 24.0 Å². The molecule has 0 amide bonds. The van der Waals surface area contributed by atoms with Crippen molar-refractivity contribution in [1.29, 1.82) is 0 Å². The molecule has 2 aliphatic rings. The Balaban J connectivity index is 0.00000300. The molecular weight excluding hydrogens is 494 g/mol. The number of likely N-dealkylation sites (tertiary alicyclic amines) is 1. The summed E-state index contributed by atoms with van der Waals surface area (Å²) in [4.78, 5) is 8.49. The summed E-state index contributed by atoms with van der Waals surface area (Å²) in [5.41, 5.74) is 2.82. The van der Waals surface area contributed by atoms with Gasteiger partial charge < -0.3 is 10.6 Å². The van der Waals surface area contributed by atoms with Crippen molar-refractivity contribution in [3.8, 4) is 0 Å².